The Bertz CT molecular complexity index is 14.9. The van der Waals surface area contributed by atoms with Gasteiger partial charge in [-0.1, -0.05) is 0 Å². The summed E-state index contributed by atoms with van der Waals surface area (Å²) in [4.78, 5) is 23.2. The molecule has 4 heteroatoms. The average Bonchev–Trinajstić information content (AvgIpc) is 1.81. The van der Waals surface area contributed by atoms with Gasteiger partial charge in [-0.3, -0.25) is 20.4 Å². The standard InChI is InChI=1S/3CHO.Rh/c3*1-2;/h3*1H;/q3*-1;+3. The van der Waals surface area contributed by atoms with Gasteiger partial charge in [0.25, 0.3) is 0 Å². The second-order valence-electron chi connectivity index (χ2n) is 0. The molecule has 0 aliphatic heterocycles. The van der Waals surface area contributed by atoms with Crippen LogP contribution in [0.25, 0.3) is 0 Å². The Morgan fingerprint density at radius 1 is 0.571 bits per heavy atom. The van der Waals surface area contributed by atoms with Crippen molar-refractivity contribution in [1.29, 1.82) is 0 Å². The maximum Gasteiger partial charge on any atom is 3.00 e. The van der Waals surface area contributed by atoms with Crippen LogP contribution in [0.4, 0.5) is 0 Å². The van der Waals surface area contributed by atoms with Crippen LogP contribution in [0.5, 0.6) is 0 Å². The zero-order chi connectivity index (χ0) is 6.00. The van der Waals surface area contributed by atoms with Gasteiger partial charge in [0, 0.05) is 0 Å². The summed E-state index contributed by atoms with van der Waals surface area (Å²) in [6.07, 6.45) is 0. The number of hydrogen-bond donors (Lipinski definition) is 0. The molecule has 0 heterocycles. The summed E-state index contributed by atoms with van der Waals surface area (Å²) in [5.74, 6) is 0. The van der Waals surface area contributed by atoms with Gasteiger partial charge < -0.3 is 14.4 Å². The van der Waals surface area contributed by atoms with Crippen molar-refractivity contribution in [3.05, 3.63) is 0 Å². The SMILES string of the molecule is [CH-]=O.[CH-]=O.[CH-]=O.[Rh+3]. The van der Waals surface area contributed by atoms with Crippen LogP contribution in [0.2, 0.25) is 0 Å². The van der Waals surface area contributed by atoms with Gasteiger partial charge in [0.1, 0.15) is 0 Å². The fourth-order valence-corrected chi connectivity index (χ4v) is 0. The molecule has 0 aromatic heterocycles. The van der Waals surface area contributed by atoms with Crippen molar-refractivity contribution in [2.45, 2.75) is 0 Å². The molecule has 0 N–H and O–H groups in total. The number of carbonyl (C=O) groups excluding carboxylic acids is 3. The third-order valence-electron chi connectivity index (χ3n) is 0. The zero-order valence-electron chi connectivity index (χ0n) is 3.29. The predicted octanol–water partition coefficient (Wildman–Crippen LogP) is -0.825. The fraction of sp³-hybridized carbons (Fsp3) is 0. The third-order valence-corrected chi connectivity index (χ3v) is 0. The zero-order valence-corrected chi connectivity index (χ0v) is 4.93. The van der Waals surface area contributed by atoms with Crippen molar-refractivity contribution in [2.24, 2.45) is 0 Å². The number of hydrogen-bond acceptors (Lipinski definition) is 3. The van der Waals surface area contributed by atoms with Crippen LogP contribution in [-0.4, -0.2) is 20.4 Å². The Morgan fingerprint density at radius 2 is 0.571 bits per heavy atom. The minimum absolute atomic E-state index is 0. The summed E-state index contributed by atoms with van der Waals surface area (Å²) in [6, 6.07) is 0. The Balaban J connectivity index is -0.00000000900. The van der Waals surface area contributed by atoms with Crippen molar-refractivity contribution in [1.82, 2.24) is 0 Å². The second-order valence-corrected chi connectivity index (χ2v) is 0. The Kier molecular flexibility index (Phi) is 3900. The van der Waals surface area contributed by atoms with Gasteiger partial charge in [0.2, 0.25) is 0 Å². The van der Waals surface area contributed by atoms with E-state index in [2.05, 4.69) is 20.4 Å². The van der Waals surface area contributed by atoms with Gasteiger partial charge in [0.05, 0.1) is 0 Å². The molecule has 0 aromatic rings. The molecule has 0 rings (SSSR count). The molecule has 42 valence electrons. The second kappa shape index (κ2) is 900. The van der Waals surface area contributed by atoms with E-state index >= 15 is 0 Å². The van der Waals surface area contributed by atoms with Gasteiger partial charge in [0.15, 0.2) is 0 Å². The minimum Gasteiger partial charge on any atom is -0.545 e. The third kappa shape index (κ3) is 553. The largest absolute Gasteiger partial charge is 3.00 e. The van der Waals surface area contributed by atoms with E-state index in [9.17, 15) is 0 Å². The molecule has 0 saturated heterocycles. The molecule has 0 atom stereocenters. The molecule has 0 fully saturated rings. The first-order valence-corrected chi connectivity index (χ1v) is 0.707. The van der Waals surface area contributed by atoms with Crippen LogP contribution in [0.3, 0.4) is 0 Å². The van der Waals surface area contributed by atoms with E-state index in [1.54, 1.807) is 0 Å². The van der Waals surface area contributed by atoms with Crippen molar-refractivity contribution in [2.75, 3.05) is 0 Å². The van der Waals surface area contributed by atoms with Crippen LogP contribution in [-0.2, 0) is 33.9 Å². The van der Waals surface area contributed by atoms with Crippen LogP contribution < -0.4 is 0 Å². The molecule has 0 radical (unpaired) electrons. The van der Waals surface area contributed by atoms with Crippen molar-refractivity contribution in [3.63, 3.8) is 0 Å². The molecule has 0 saturated carbocycles. The summed E-state index contributed by atoms with van der Waals surface area (Å²) in [7, 11) is 0. The topological polar surface area (TPSA) is 51.2 Å². The molecule has 0 spiro atoms. The molecular weight excluding hydrogens is 187 g/mol. The summed E-state index contributed by atoms with van der Waals surface area (Å²) in [6.45, 7) is 9.75. The maximum atomic E-state index is 7.75. The monoisotopic (exact) mass is 190 g/mol. The number of rotatable bonds is 0. The summed E-state index contributed by atoms with van der Waals surface area (Å²) < 4.78 is 0. The van der Waals surface area contributed by atoms with Crippen LogP contribution in [0.1, 0.15) is 0 Å². The van der Waals surface area contributed by atoms with Gasteiger partial charge in [-0.05, 0) is 0 Å². The van der Waals surface area contributed by atoms with Gasteiger partial charge in [-0.2, -0.15) is 0 Å². The van der Waals surface area contributed by atoms with E-state index in [0.29, 0.717) is 0 Å². The molecule has 0 aliphatic carbocycles. The molecule has 0 aliphatic rings. The van der Waals surface area contributed by atoms with Gasteiger partial charge >= 0.3 is 19.5 Å². The molecule has 0 aromatic carbocycles. The summed E-state index contributed by atoms with van der Waals surface area (Å²) >= 11 is 0. The summed E-state index contributed by atoms with van der Waals surface area (Å²) in [5, 5.41) is 0. The van der Waals surface area contributed by atoms with Gasteiger partial charge in [-0.15, -0.1) is 0 Å². The molecule has 3 nitrogen and oxygen atoms in total. The predicted molar refractivity (Wildman–Crippen MR) is 20.3 cm³/mol. The first kappa shape index (κ1) is 30.4. The summed E-state index contributed by atoms with van der Waals surface area (Å²) in [5.41, 5.74) is 0. The Labute approximate surface area is 54.8 Å². The van der Waals surface area contributed by atoms with E-state index in [-0.39, 0.29) is 19.5 Å². The van der Waals surface area contributed by atoms with Gasteiger partial charge in [-0.25, -0.2) is 0 Å². The van der Waals surface area contributed by atoms with E-state index in [1.807, 2.05) is 0 Å². The Morgan fingerprint density at radius 3 is 0.571 bits per heavy atom. The normalized spacial score (nSPS) is 1.71. The fourth-order valence-electron chi connectivity index (χ4n) is 0. The van der Waals surface area contributed by atoms with Crippen LogP contribution >= 0.6 is 0 Å². The quantitative estimate of drug-likeness (QED) is 0.284. The molecule has 0 bridgehead atoms. The van der Waals surface area contributed by atoms with Crippen molar-refractivity contribution >= 4 is 20.4 Å². The van der Waals surface area contributed by atoms with Crippen LogP contribution in [0, 0.1) is 0 Å². The molecular formula is C3H3O3Rh. The minimum atomic E-state index is 0. The van der Waals surface area contributed by atoms with Crippen molar-refractivity contribution < 1.29 is 33.9 Å². The maximum absolute atomic E-state index is 7.75. The molecule has 0 unspecified atom stereocenters. The van der Waals surface area contributed by atoms with E-state index in [4.69, 9.17) is 14.4 Å². The molecule has 0 amide bonds. The Hall–Kier alpha value is -0.367. The first-order valence-electron chi connectivity index (χ1n) is 0.707. The van der Waals surface area contributed by atoms with E-state index in [1.165, 1.54) is 0 Å². The van der Waals surface area contributed by atoms with E-state index in [0.717, 1.165) is 0 Å². The van der Waals surface area contributed by atoms with E-state index < -0.39 is 0 Å². The van der Waals surface area contributed by atoms with Crippen LogP contribution in [0.15, 0.2) is 0 Å². The molecule has 7 heavy (non-hydrogen) atoms. The van der Waals surface area contributed by atoms with Crippen molar-refractivity contribution in [3.8, 4) is 0 Å². The smallest absolute Gasteiger partial charge is 0.545 e. The first-order chi connectivity index (χ1) is 3.00. The average molecular weight is 190 g/mol.